The van der Waals surface area contributed by atoms with E-state index in [4.69, 9.17) is 11.6 Å². The molecule has 1 aromatic heterocycles. The summed E-state index contributed by atoms with van der Waals surface area (Å²) in [5, 5.41) is 13.0. The molecule has 1 unspecified atom stereocenters. The number of nitrogens with zero attached hydrogens (tertiary/aromatic N) is 1. The Bertz CT molecular complexity index is 606. The van der Waals surface area contributed by atoms with Crippen LogP contribution in [0.3, 0.4) is 0 Å². The number of nitrogens with one attached hydrogen (secondary N) is 1. The van der Waals surface area contributed by atoms with E-state index in [0.29, 0.717) is 5.02 Å². The highest BCUT2D eigenvalue weighted by Crippen LogP contribution is 2.31. The molecule has 0 aliphatic heterocycles. The van der Waals surface area contributed by atoms with Gasteiger partial charge >= 0.3 is 0 Å². The van der Waals surface area contributed by atoms with Crippen LogP contribution in [0.25, 0.3) is 0 Å². The second-order valence-corrected chi connectivity index (χ2v) is 7.23. The van der Waals surface area contributed by atoms with Crippen molar-refractivity contribution in [1.29, 1.82) is 5.26 Å². The Hall–Kier alpha value is -0.540. The van der Waals surface area contributed by atoms with Gasteiger partial charge in [0.25, 0.3) is 0 Å². The lowest BCUT2D eigenvalue weighted by molar-refractivity contribution is 1.03. The van der Waals surface area contributed by atoms with Crippen molar-refractivity contribution < 1.29 is 0 Å². The Balaban J connectivity index is 2.21. The second-order valence-electron chi connectivity index (χ2n) is 3.48. The summed E-state index contributed by atoms with van der Waals surface area (Å²) in [7, 11) is 0. The number of nitriles is 1. The lowest BCUT2D eigenvalue weighted by Gasteiger charge is -2.11. The van der Waals surface area contributed by atoms with Crippen molar-refractivity contribution in [2.45, 2.75) is 6.04 Å². The maximum atomic E-state index is 9.22. The Morgan fingerprint density at radius 3 is 2.61 bits per heavy atom. The minimum atomic E-state index is -0.366. The van der Waals surface area contributed by atoms with E-state index in [2.05, 4.69) is 43.2 Å². The number of anilines is 1. The van der Waals surface area contributed by atoms with Gasteiger partial charge in [-0.2, -0.15) is 5.26 Å². The van der Waals surface area contributed by atoms with E-state index in [1.807, 2.05) is 24.3 Å². The normalized spacial score (nSPS) is 11.9. The van der Waals surface area contributed by atoms with E-state index in [0.717, 1.165) is 18.8 Å². The number of benzene rings is 1. The van der Waals surface area contributed by atoms with Gasteiger partial charge in [-0.3, -0.25) is 0 Å². The van der Waals surface area contributed by atoms with Gasteiger partial charge < -0.3 is 5.32 Å². The molecule has 0 amide bonds. The van der Waals surface area contributed by atoms with Crippen LogP contribution in [0.2, 0.25) is 5.02 Å². The molecule has 1 aromatic carbocycles. The predicted molar refractivity (Wildman–Crippen MR) is 83.1 cm³/mol. The highest BCUT2D eigenvalue weighted by Gasteiger charge is 2.13. The molecular formula is C12H7Br2ClN2S. The molecule has 0 saturated carbocycles. The number of hydrogen-bond donors (Lipinski definition) is 1. The lowest BCUT2D eigenvalue weighted by Crippen LogP contribution is -2.06. The first-order valence-corrected chi connectivity index (χ1v) is 7.74. The van der Waals surface area contributed by atoms with E-state index in [9.17, 15) is 5.26 Å². The van der Waals surface area contributed by atoms with Crippen LogP contribution in [0, 0.1) is 11.3 Å². The van der Waals surface area contributed by atoms with Crippen LogP contribution in [-0.4, -0.2) is 0 Å². The molecule has 0 radical (unpaired) electrons. The number of hydrogen-bond acceptors (Lipinski definition) is 3. The molecule has 92 valence electrons. The highest BCUT2D eigenvalue weighted by molar-refractivity contribution is 9.11. The van der Waals surface area contributed by atoms with Crippen molar-refractivity contribution in [3.63, 3.8) is 0 Å². The molecule has 1 N–H and O–H groups in total. The van der Waals surface area contributed by atoms with Crippen LogP contribution in [0.15, 0.2) is 38.6 Å². The molecule has 0 aliphatic carbocycles. The zero-order valence-electron chi connectivity index (χ0n) is 8.95. The third-order valence-electron chi connectivity index (χ3n) is 2.24. The first-order chi connectivity index (χ1) is 8.60. The molecule has 2 aromatic rings. The Morgan fingerprint density at radius 2 is 2.06 bits per heavy atom. The van der Waals surface area contributed by atoms with Gasteiger partial charge in [0.1, 0.15) is 6.04 Å². The predicted octanol–water partition coefficient (Wildman–Crippen LogP) is 5.60. The van der Waals surface area contributed by atoms with Crippen LogP contribution in [-0.2, 0) is 0 Å². The molecule has 1 heterocycles. The number of rotatable bonds is 3. The fourth-order valence-corrected chi connectivity index (χ4v) is 3.32. The Morgan fingerprint density at radius 1 is 1.28 bits per heavy atom. The standard InChI is InChI=1S/C12H7Br2ClN2S/c13-8-5-7(1-2-9(8)15)17-10(6-16)11-3-4-12(14)18-11/h1-5,10,17H. The molecule has 1 atom stereocenters. The van der Waals surface area contributed by atoms with Crippen LogP contribution in [0.5, 0.6) is 0 Å². The van der Waals surface area contributed by atoms with Gasteiger partial charge in [-0.1, -0.05) is 11.6 Å². The maximum absolute atomic E-state index is 9.22. The monoisotopic (exact) mass is 404 g/mol. The van der Waals surface area contributed by atoms with Crippen molar-refractivity contribution in [1.82, 2.24) is 0 Å². The third kappa shape index (κ3) is 3.27. The molecule has 18 heavy (non-hydrogen) atoms. The van der Waals surface area contributed by atoms with E-state index in [-0.39, 0.29) is 6.04 Å². The van der Waals surface area contributed by atoms with Gasteiger partial charge in [0.05, 0.1) is 14.9 Å². The first kappa shape index (κ1) is 13.9. The Kier molecular flexibility index (Phi) is 4.68. The van der Waals surface area contributed by atoms with E-state index in [1.54, 1.807) is 17.4 Å². The molecule has 0 fully saturated rings. The van der Waals surface area contributed by atoms with Gasteiger partial charge in [0.2, 0.25) is 0 Å². The molecule has 0 spiro atoms. The second kappa shape index (κ2) is 6.07. The van der Waals surface area contributed by atoms with Crippen molar-refractivity contribution in [3.05, 3.63) is 48.5 Å². The molecule has 0 aliphatic rings. The SMILES string of the molecule is N#CC(Nc1ccc(Cl)c(Br)c1)c1ccc(Br)s1. The smallest absolute Gasteiger partial charge is 0.149 e. The van der Waals surface area contributed by atoms with Gasteiger partial charge in [-0.05, 0) is 62.2 Å². The summed E-state index contributed by atoms with van der Waals surface area (Å²) in [5.74, 6) is 0. The summed E-state index contributed by atoms with van der Waals surface area (Å²) in [4.78, 5) is 0.968. The molecule has 0 bridgehead atoms. The summed E-state index contributed by atoms with van der Waals surface area (Å²) in [5.41, 5.74) is 0.849. The summed E-state index contributed by atoms with van der Waals surface area (Å²) in [6.07, 6.45) is 0. The van der Waals surface area contributed by atoms with Gasteiger partial charge in [-0.25, -0.2) is 0 Å². The zero-order valence-corrected chi connectivity index (χ0v) is 13.7. The fraction of sp³-hybridized carbons (Fsp3) is 0.0833. The molecule has 2 nitrogen and oxygen atoms in total. The van der Waals surface area contributed by atoms with E-state index < -0.39 is 0 Å². The largest absolute Gasteiger partial charge is 0.366 e. The minimum Gasteiger partial charge on any atom is -0.366 e. The molecule has 2 rings (SSSR count). The summed E-state index contributed by atoms with van der Waals surface area (Å²) >= 11 is 14.2. The van der Waals surface area contributed by atoms with Crippen molar-refractivity contribution >= 4 is 60.5 Å². The molecule has 6 heteroatoms. The topological polar surface area (TPSA) is 35.8 Å². The van der Waals surface area contributed by atoms with Crippen LogP contribution in [0.1, 0.15) is 10.9 Å². The van der Waals surface area contributed by atoms with Crippen LogP contribution < -0.4 is 5.32 Å². The molecular weight excluding hydrogens is 399 g/mol. The molecule has 0 saturated heterocycles. The summed E-state index contributed by atoms with van der Waals surface area (Å²) in [6, 6.07) is 11.2. The van der Waals surface area contributed by atoms with Gasteiger partial charge in [0.15, 0.2) is 0 Å². The fourth-order valence-electron chi connectivity index (χ4n) is 1.40. The summed E-state index contributed by atoms with van der Waals surface area (Å²) < 4.78 is 1.81. The average molecular weight is 407 g/mol. The number of halogens is 3. The van der Waals surface area contributed by atoms with Crippen LogP contribution in [0.4, 0.5) is 5.69 Å². The van der Waals surface area contributed by atoms with E-state index in [1.165, 1.54) is 0 Å². The number of thiophene rings is 1. The zero-order chi connectivity index (χ0) is 13.1. The van der Waals surface area contributed by atoms with Gasteiger partial charge in [-0.15, -0.1) is 11.3 Å². The quantitative estimate of drug-likeness (QED) is 0.720. The van der Waals surface area contributed by atoms with Crippen molar-refractivity contribution in [2.75, 3.05) is 5.32 Å². The highest BCUT2D eigenvalue weighted by atomic mass is 79.9. The van der Waals surface area contributed by atoms with Gasteiger partial charge in [0, 0.05) is 15.0 Å². The third-order valence-corrected chi connectivity index (χ3v) is 5.14. The maximum Gasteiger partial charge on any atom is 0.149 e. The lowest BCUT2D eigenvalue weighted by atomic mass is 10.2. The van der Waals surface area contributed by atoms with Crippen molar-refractivity contribution in [2.24, 2.45) is 0 Å². The first-order valence-electron chi connectivity index (χ1n) is 4.96. The van der Waals surface area contributed by atoms with Crippen molar-refractivity contribution in [3.8, 4) is 6.07 Å². The average Bonchev–Trinajstić information content (AvgIpc) is 2.77. The summed E-state index contributed by atoms with van der Waals surface area (Å²) in [6.45, 7) is 0. The Labute approximate surface area is 131 Å². The minimum absolute atomic E-state index is 0.366. The van der Waals surface area contributed by atoms with E-state index >= 15 is 0 Å². The van der Waals surface area contributed by atoms with Crippen LogP contribution >= 0.6 is 54.8 Å².